The molecule has 8 atom stereocenters. The molecule has 0 aliphatic carbocycles. The Morgan fingerprint density at radius 3 is 2.16 bits per heavy atom. The molecular formula is C43H65N9O12. The van der Waals surface area contributed by atoms with Gasteiger partial charge in [0, 0.05) is 69.9 Å². The number of carbonyl (C=O) groups excluding carboxylic acids is 10. The Hall–Kier alpha value is -5.93. The number of aliphatic imine (C=N–C) groups is 1. The SMILES string of the molecule is CC(=O)[C@@H](CC(=O)[C@@H]1CCNC(=O)CC[C@H](NC(=O)CCC(=O)CN)C(=O)N[C@@H](CCCN=C(N)N)C(=O)N[C@@H](Cc2ccccc2)C(=O)NCC(=O)C[C@@H]([C@@H](C)O)C(=O)C1)[C@@H](C)O. The zero-order valence-corrected chi connectivity index (χ0v) is 36.8. The smallest absolute Gasteiger partial charge is 0.243 e. The van der Waals surface area contributed by atoms with Crippen LogP contribution in [0.5, 0.6) is 0 Å². The highest BCUT2D eigenvalue weighted by atomic mass is 16.3. The summed E-state index contributed by atoms with van der Waals surface area (Å²) in [5.74, 6) is -10.4. The van der Waals surface area contributed by atoms with Crippen LogP contribution in [0.2, 0.25) is 0 Å². The largest absolute Gasteiger partial charge is 0.393 e. The lowest BCUT2D eigenvalue weighted by Gasteiger charge is -2.26. The van der Waals surface area contributed by atoms with E-state index in [-0.39, 0.29) is 77.0 Å². The Bertz CT molecular complexity index is 1840. The predicted molar refractivity (Wildman–Crippen MR) is 232 cm³/mol. The molecule has 1 aromatic rings. The number of carbonyl (C=O) groups is 10. The molecule has 1 aliphatic rings. The van der Waals surface area contributed by atoms with Crippen LogP contribution in [0, 0.1) is 17.8 Å². The highest BCUT2D eigenvalue weighted by molar-refractivity contribution is 5.97. The first-order valence-electron chi connectivity index (χ1n) is 21.4. The molecule has 0 bridgehead atoms. The molecule has 21 heteroatoms. The normalized spacial score (nSPS) is 22.7. The molecule has 0 aromatic heterocycles. The average molecular weight is 900 g/mol. The first-order chi connectivity index (χ1) is 30.2. The molecule has 1 heterocycles. The van der Waals surface area contributed by atoms with Crippen LogP contribution in [0.15, 0.2) is 35.3 Å². The molecule has 21 nitrogen and oxygen atoms in total. The summed E-state index contributed by atoms with van der Waals surface area (Å²) < 4.78 is 0. The number of nitrogens with two attached hydrogens (primary N) is 3. The van der Waals surface area contributed by atoms with E-state index < -0.39 is 132 Å². The molecule has 0 radical (unpaired) electrons. The number of Topliss-reactive ketones (excluding diaryl/α,β-unsaturated/α-hetero) is 5. The molecule has 354 valence electrons. The lowest BCUT2D eigenvalue weighted by molar-refractivity contribution is -0.136. The summed E-state index contributed by atoms with van der Waals surface area (Å²) in [6.07, 6.45) is -5.37. The summed E-state index contributed by atoms with van der Waals surface area (Å²) in [6.45, 7) is 2.79. The average Bonchev–Trinajstić information content (AvgIpc) is 3.23. The van der Waals surface area contributed by atoms with Gasteiger partial charge in [0.05, 0.1) is 31.2 Å². The van der Waals surface area contributed by atoms with Gasteiger partial charge in [-0.15, -0.1) is 0 Å². The number of benzene rings is 1. The number of aliphatic hydroxyl groups excluding tert-OH is 2. The number of nitrogens with zero attached hydrogens (tertiary/aromatic N) is 1. The molecule has 0 unspecified atom stereocenters. The maximum absolute atomic E-state index is 14.0. The summed E-state index contributed by atoms with van der Waals surface area (Å²) in [6, 6.07) is 4.46. The summed E-state index contributed by atoms with van der Waals surface area (Å²) in [4.78, 5) is 137. The summed E-state index contributed by atoms with van der Waals surface area (Å²) in [7, 11) is 0. The van der Waals surface area contributed by atoms with Gasteiger partial charge >= 0.3 is 0 Å². The van der Waals surface area contributed by atoms with Crippen molar-refractivity contribution >= 4 is 64.4 Å². The summed E-state index contributed by atoms with van der Waals surface area (Å²) >= 11 is 0. The maximum Gasteiger partial charge on any atom is 0.243 e. The highest BCUT2D eigenvalue weighted by Crippen LogP contribution is 2.23. The highest BCUT2D eigenvalue weighted by Gasteiger charge is 2.34. The van der Waals surface area contributed by atoms with Crippen molar-refractivity contribution in [1.29, 1.82) is 0 Å². The van der Waals surface area contributed by atoms with Crippen molar-refractivity contribution in [2.75, 3.05) is 26.2 Å². The first-order valence-corrected chi connectivity index (χ1v) is 21.4. The number of hydrogen-bond donors (Lipinski definition) is 10. The van der Waals surface area contributed by atoms with Crippen LogP contribution in [0.1, 0.15) is 90.5 Å². The fourth-order valence-electron chi connectivity index (χ4n) is 7.00. The van der Waals surface area contributed by atoms with E-state index in [0.29, 0.717) is 5.56 Å². The van der Waals surface area contributed by atoms with E-state index in [2.05, 4.69) is 31.6 Å². The first kappa shape index (κ1) is 54.2. The van der Waals surface area contributed by atoms with E-state index >= 15 is 0 Å². The molecule has 5 amide bonds. The zero-order chi connectivity index (χ0) is 47.9. The Morgan fingerprint density at radius 2 is 1.55 bits per heavy atom. The molecule has 1 aliphatic heterocycles. The van der Waals surface area contributed by atoms with Crippen molar-refractivity contribution in [3.8, 4) is 0 Å². The van der Waals surface area contributed by atoms with Crippen LogP contribution >= 0.6 is 0 Å². The molecule has 1 aromatic carbocycles. The van der Waals surface area contributed by atoms with E-state index in [4.69, 9.17) is 17.2 Å². The topological polar surface area (TPSA) is 362 Å². The van der Waals surface area contributed by atoms with Gasteiger partial charge in [0.25, 0.3) is 0 Å². The van der Waals surface area contributed by atoms with Gasteiger partial charge in [0.2, 0.25) is 29.5 Å². The van der Waals surface area contributed by atoms with Crippen molar-refractivity contribution in [1.82, 2.24) is 26.6 Å². The number of hydrogen-bond acceptors (Lipinski definition) is 14. The quantitative estimate of drug-likeness (QED) is 0.0440. The molecule has 13 N–H and O–H groups in total. The molecule has 64 heavy (non-hydrogen) atoms. The molecule has 2 rings (SSSR count). The van der Waals surface area contributed by atoms with Gasteiger partial charge in [-0.2, -0.15) is 0 Å². The third kappa shape index (κ3) is 20.1. The fourth-order valence-corrected chi connectivity index (χ4v) is 7.00. The third-order valence-electron chi connectivity index (χ3n) is 10.8. The van der Waals surface area contributed by atoms with E-state index in [1.54, 1.807) is 30.3 Å². The minimum absolute atomic E-state index is 0.0494. The minimum atomic E-state index is -1.43. The van der Waals surface area contributed by atoms with Gasteiger partial charge in [0.1, 0.15) is 41.3 Å². The second kappa shape index (κ2) is 28.0. The Kier molecular flexibility index (Phi) is 23.7. The van der Waals surface area contributed by atoms with E-state index in [1.165, 1.54) is 20.8 Å². The number of rotatable bonds is 17. The number of aliphatic hydroxyl groups is 2. The Labute approximate surface area is 372 Å². The van der Waals surface area contributed by atoms with Gasteiger partial charge in [-0.1, -0.05) is 30.3 Å². The maximum atomic E-state index is 14.0. The lowest BCUT2D eigenvalue weighted by Crippen LogP contribution is -2.57. The number of guanidine groups is 1. The van der Waals surface area contributed by atoms with Crippen LogP contribution in [-0.2, 0) is 54.4 Å². The second-order valence-corrected chi connectivity index (χ2v) is 16.1. The van der Waals surface area contributed by atoms with Crippen molar-refractivity contribution in [3.05, 3.63) is 35.9 Å². The summed E-state index contributed by atoms with van der Waals surface area (Å²) in [5, 5.41) is 33.7. The van der Waals surface area contributed by atoms with E-state index in [1.807, 2.05) is 0 Å². The molecule has 0 saturated carbocycles. The van der Waals surface area contributed by atoms with Crippen LogP contribution in [0.25, 0.3) is 0 Å². The van der Waals surface area contributed by atoms with Gasteiger partial charge < -0.3 is 54.0 Å². The van der Waals surface area contributed by atoms with Gasteiger partial charge in [-0.05, 0) is 52.0 Å². The van der Waals surface area contributed by atoms with Crippen molar-refractivity contribution in [2.45, 2.75) is 122 Å². The minimum Gasteiger partial charge on any atom is -0.393 e. The molecular weight excluding hydrogens is 835 g/mol. The van der Waals surface area contributed by atoms with Gasteiger partial charge in [-0.3, -0.25) is 52.9 Å². The fraction of sp³-hybridized carbons (Fsp3) is 0.605. The molecule has 0 spiro atoms. The predicted octanol–water partition coefficient (Wildman–Crippen LogP) is -2.46. The van der Waals surface area contributed by atoms with Crippen molar-refractivity contribution in [2.24, 2.45) is 39.9 Å². The molecule has 1 saturated heterocycles. The number of amides is 5. The monoisotopic (exact) mass is 899 g/mol. The summed E-state index contributed by atoms with van der Waals surface area (Å²) in [5.41, 5.74) is 16.9. The zero-order valence-electron chi connectivity index (χ0n) is 36.8. The molecule has 1 fully saturated rings. The third-order valence-corrected chi connectivity index (χ3v) is 10.8. The van der Waals surface area contributed by atoms with Crippen molar-refractivity contribution in [3.63, 3.8) is 0 Å². The van der Waals surface area contributed by atoms with Crippen molar-refractivity contribution < 1.29 is 58.2 Å². The van der Waals surface area contributed by atoms with Gasteiger partial charge in [0.15, 0.2) is 11.7 Å². The number of nitrogens with one attached hydrogen (secondary N) is 5. The van der Waals surface area contributed by atoms with Crippen LogP contribution < -0.4 is 43.8 Å². The Balaban J connectivity index is 2.60. The Morgan fingerprint density at radius 1 is 0.875 bits per heavy atom. The lowest BCUT2D eigenvalue weighted by atomic mass is 9.81. The van der Waals surface area contributed by atoms with Gasteiger partial charge in [-0.25, -0.2) is 0 Å². The second-order valence-electron chi connectivity index (χ2n) is 16.1. The number of ketones is 5. The van der Waals surface area contributed by atoms with Crippen LogP contribution in [0.4, 0.5) is 0 Å². The van der Waals surface area contributed by atoms with E-state index in [0.717, 1.165) is 0 Å². The standard InChI is InChI=1S/C43H65N9O12/c1-24(53)31(25(2)54)21-36(58)28-15-17-47-38(60)14-12-34(50-39(61)13-11-29(56)22-44)42(64)51-33(10-7-16-48-43(45)46)41(63)52-35(18-27-8-5-4-6-9-27)40(62)49-23-30(57)20-32(26(3)55)37(59)19-28/h4-6,8-9,24,26,28,31-35,53,55H,7,10-23,44H2,1-3H3,(H,47,60)(H,49,62)(H,50,61)(H,51,64)(H,52,63)(H4,45,46,48)/t24-,26-,28-,31+,32+,33+,34+,35+/m1/s1. The van der Waals surface area contributed by atoms with Crippen LogP contribution in [0.3, 0.4) is 0 Å². The van der Waals surface area contributed by atoms with Crippen LogP contribution in [-0.4, -0.2) is 131 Å². The van der Waals surface area contributed by atoms with E-state index in [9.17, 15) is 58.2 Å².